The van der Waals surface area contributed by atoms with E-state index in [4.69, 9.17) is 0 Å². The van der Waals surface area contributed by atoms with Crippen LogP contribution in [0.1, 0.15) is 0 Å². The van der Waals surface area contributed by atoms with Crippen molar-refractivity contribution in [1.29, 1.82) is 0 Å². The van der Waals surface area contributed by atoms with Crippen molar-refractivity contribution in [2.75, 3.05) is 11.8 Å². The fourth-order valence-corrected chi connectivity index (χ4v) is 0.306. The van der Waals surface area contributed by atoms with Crippen molar-refractivity contribution in [3.63, 3.8) is 0 Å². The first-order chi connectivity index (χ1) is 2.00. The van der Waals surface area contributed by atoms with E-state index in [-0.39, 0.29) is 0 Å². The Hall–Kier alpha value is 0.310. The summed E-state index contributed by atoms with van der Waals surface area (Å²) in [6, 6.07) is 0. The zero-order valence-corrected chi connectivity index (χ0v) is 3.14. The molecule has 0 atom stereocenters. The molecule has 0 saturated carbocycles. The molecule has 0 aromatic rings. The number of hydrogen-bond donors (Lipinski definition) is 1. The summed E-state index contributed by atoms with van der Waals surface area (Å²) in [5.41, 5.74) is 0. The average molecular weight is 75.1 g/mol. The molecule has 0 aromatic carbocycles. The van der Waals surface area contributed by atoms with Gasteiger partial charge in [-0.2, -0.15) is 0 Å². The third kappa shape index (κ3) is 0.213. The van der Waals surface area contributed by atoms with Gasteiger partial charge in [-0.1, -0.05) is 0 Å². The maximum absolute atomic E-state index is 3.07. The van der Waals surface area contributed by atoms with Crippen LogP contribution in [0, 0.1) is 0 Å². The van der Waals surface area contributed by atoms with E-state index in [1.54, 1.807) is 0 Å². The van der Waals surface area contributed by atoms with Crippen LogP contribution >= 0.6 is 11.8 Å². The van der Waals surface area contributed by atoms with Crippen molar-refractivity contribution in [2.24, 2.45) is 0 Å². The van der Waals surface area contributed by atoms with Gasteiger partial charge in [0.1, 0.15) is 0 Å². The van der Waals surface area contributed by atoms with E-state index in [1.807, 2.05) is 11.8 Å². The van der Waals surface area contributed by atoms with Gasteiger partial charge < -0.3 is 0 Å². The lowest BCUT2D eigenvalue weighted by molar-refractivity contribution is 0.893. The van der Waals surface area contributed by atoms with Gasteiger partial charge in [0.2, 0.25) is 0 Å². The molecule has 0 amide bonds. The van der Waals surface area contributed by atoms with Gasteiger partial charge in [0.15, 0.2) is 0 Å². The maximum Gasteiger partial charge on any atom is 0.0437 e. The molecule has 1 saturated heterocycles. The summed E-state index contributed by atoms with van der Waals surface area (Å²) < 4.78 is 0. The highest BCUT2D eigenvalue weighted by Gasteiger charge is 1.92. The van der Waals surface area contributed by atoms with Gasteiger partial charge >= 0.3 is 0 Å². The minimum Gasteiger partial charge on any atom is -0.299 e. The second-order valence-electron chi connectivity index (χ2n) is 0.743. The zero-order chi connectivity index (χ0) is 2.83. The standard InChI is InChI=1S/C2H5NS/c1-3-2-4-1/h3H,1-2H2. The zero-order valence-electron chi connectivity index (χ0n) is 2.32. The van der Waals surface area contributed by atoms with Gasteiger partial charge in [0, 0.05) is 11.8 Å². The molecule has 0 aliphatic carbocycles. The predicted octanol–water partition coefficient (Wildman–Crippen LogP) is 0.238. The van der Waals surface area contributed by atoms with Crippen molar-refractivity contribution in [1.82, 2.24) is 5.32 Å². The lowest BCUT2D eigenvalue weighted by atomic mass is 11.2. The van der Waals surface area contributed by atoms with Gasteiger partial charge in [-0.25, -0.2) is 0 Å². The van der Waals surface area contributed by atoms with E-state index in [0.29, 0.717) is 0 Å². The molecule has 1 aliphatic rings. The second-order valence-corrected chi connectivity index (χ2v) is 1.73. The van der Waals surface area contributed by atoms with Crippen molar-refractivity contribution >= 4 is 11.8 Å². The summed E-state index contributed by atoms with van der Waals surface area (Å²) in [6.07, 6.45) is 0. The Morgan fingerprint density at radius 3 is 1.75 bits per heavy atom. The van der Waals surface area contributed by atoms with Crippen LogP contribution in [0.5, 0.6) is 0 Å². The molecule has 24 valence electrons. The summed E-state index contributed by atoms with van der Waals surface area (Å²) in [4.78, 5) is 0. The second kappa shape index (κ2) is 0.951. The van der Waals surface area contributed by atoms with E-state index in [1.165, 1.54) is 11.8 Å². The van der Waals surface area contributed by atoms with E-state index in [2.05, 4.69) is 5.32 Å². The van der Waals surface area contributed by atoms with Gasteiger partial charge in [-0.3, -0.25) is 5.32 Å². The molecule has 1 heterocycles. The number of nitrogens with one attached hydrogen (secondary N) is 1. The number of thioether (sulfide) groups is 1. The molecular weight excluding hydrogens is 70.1 g/mol. The smallest absolute Gasteiger partial charge is 0.0437 e. The monoisotopic (exact) mass is 75.0 g/mol. The first-order valence-corrected chi connectivity index (χ1v) is 2.44. The van der Waals surface area contributed by atoms with Crippen LogP contribution in [-0.2, 0) is 0 Å². The number of hydrogen-bond acceptors (Lipinski definition) is 2. The molecule has 0 aromatic heterocycles. The Balaban J connectivity index is 2.00. The fraction of sp³-hybridized carbons (Fsp3) is 1.00. The molecule has 0 bridgehead atoms. The third-order valence-electron chi connectivity index (χ3n) is 0.408. The minimum absolute atomic E-state index is 1.17. The first-order valence-electron chi connectivity index (χ1n) is 1.28. The lowest BCUT2D eigenvalue weighted by Gasteiger charge is -2.09. The predicted molar refractivity (Wildman–Crippen MR) is 20.5 cm³/mol. The van der Waals surface area contributed by atoms with Crippen LogP contribution in [0.25, 0.3) is 0 Å². The van der Waals surface area contributed by atoms with Crippen LogP contribution < -0.4 is 5.32 Å². The minimum atomic E-state index is 1.17. The van der Waals surface area contributed by atoms with E-state index in [9.17, 15) is 0 Å². The van der Waals surface area contributed by atoms with E-state index in [0.717, 1.165) is 0 Å². The lowest BCUT2D eigenvalue weighted by Crippen LogP contribution is -2.22. The molecule has 0 spiro atoms. The quantitative estimate of drug-likeness (QED) is 0.442. The maximum atomic E-state index is 3.07. The highest BCUT2D eigenvalue weighted by Crippen LogP contribution is 2.01. The molecule has 0 radical (unpaired) electrons. The van der Waals surface area contributed by atoms with Crippen LogP contribution in [0.15, 0.2) is 0 Å². The van der Waals surface area contributed by atoms with Crippen LogP contribution in [0.4, 0.5) is 0 Å². The Bertz CT molecular complexity index is 14.0. The van der Waals surface area contributed by atoms with Crippen LogP contribution in [0.2, 0.25) is 0 Å². The molecular formula is C2H5NS. The molecule has 1 nitrogen and oxygen atoms in total. The molecule has 1 fully saturated rings. The van der Waals surface area contributed by atoms with Crippen molar-refractivity contribution in [2.45, 2.75) is 0 Å². The average Bonchev–Trinajstić information content (AvgIpc) is 0.722. The topological polar surface area (TPSA) is 12.0 Å². The van der Waals surface area contributed by atoms with Gasteiger partial charge in [0.25, 0.3) is 0 Å². The van der Waals surface area contributed by atoms with Crippen molar-refractivity contribution < 1.29 is 0 Å². The Labute approximate surface area is 29.8 Å². The Morgan fingerprint density at radius 1 is 1.50 bits per heavy atom. The fourth-order valence-electron chi connectivity index (χ4n) is 0.102. The summed E-state index contributed by atoms with van der Waals surface area (Å²) in [5, 5.41) is 3.07. The summed E-state index contributed by atoms with van der Waals surface area (Å²) in [5.74, 6) is 2.33. The Morgan fingerprint density at radius 2 is 1.75 bits per heavy atom. The molecule has 0 unspecified atom stereocenters. The van der Waals surface area contributed by atoms with Gasteiger partial charge in [0.05, 0.1) is 0 Å². The number of rotatable bonds is 0. The Kier molecular flexibility index (Phi) is 0.604. The molecule has 4 heavy (non-hydrogen) atoms. The summed E-state index contributed by atoms with van der Waals surface area (Å²) in [7, 11) is 0. The normalized spacial score (nSPS) is 24.0. The van der Waals surface area contributed by atoms with Crippen molar-refractivity contribution in [3.05, 3.63) is 0 Å². The molecule has 1 aliphatic heterocycles. The highest BCUT2D eigenvalue weighted by atomic mass is 32.2. The van der Waals surface area contributed by atoms with E-state index >= 15 is 0 Å². The summed E-state index contributed by atoms with van der Waals surface area (Å²) >= 11 is 1.93. The third-order valence-corrected chi connectivity index (χ3v) is 1.22. The van der Waals surface area contributed by atoms with Gasteiger partial charge in [-0.15, -0.1) is 11.8 Å². The molecule has 1 rings (SSSR count). The SMILES string of the molecule is C1NCS1. The van der Waals surface area contributed by atoms with Crippen LogP contribution in [-0.4, -0.2) is 11.8 Å². The largest absolute Gasteiger partial charge is 0.299 e. The highest BCUT2D eigenvalue weighted by molar-refractivity contribution is 8.00. The summed E-state index contributed by atoms with van der Waals surface area (Å²) in [6.45, 7) is 0. The van der Waals surface area contributed by atoms with Crippen LogP contribution in [0.3, 0.4) is 0 Å². The van der Waals surface area contributed by atoms with Gasteiger partial charge in [-0.05, 0) is 0 Å². The van der Waals surface area contributed by atoms with E-state index < -0.39 is 0 Å². The van der Waals surface area contributed by atoms with Crippen molar-refractivity contribution in [3.8, 4) is 0 Å². The molecule has 2 heteroatoms. The first kappa shape index (κ1) is 2.54. The molecule has 1 N–H and O–H groups in total.